The van der Waals surface area contributed by atoms with Gasteiger partial charge in [0.05, 0.1) is 7.11 Å². The van der Waals surface area contributed by atoms with Crippen molar-refractivity contribution in [2.45, 2.75) is 0 Å². The van der Waals surface area contributed by atoms with Crippen LogP contribution in [-0.4, -0.2) is 67.5 Å². The summed E-state index contributed by atoms with van der Waals surface area (Å²) >= 11 is 1.87. The minimum Gasteiger partial charge on any atom is -0.497 e. The van der Waals surface area contributed by atoms with Gasteiger partial charge in [-0.1, -0.05) is 24.3 Å². The van der Waals surface area contributed by atoms with Crippen LogP contribution in [0.1, 0.15) is 10.4 Å². The normalized spacial score (nSPS) is 15.1. The average Bonchev–Trinajstić information content (AvgIpc) is 2.72. The first-order chi connectivity index (χ1) is 12.7. The number of carbonyl (C=O) groups excluding carboxylic acids is 1. The smallest absolute Gasteiger partial charge is 0.253 e. The fraction of sp³-hybridized carbons (Fsp3) is 0.381. The SMILES string of the molecule is COc1cccc(-c2cccc(C(=O)N3CCN(CCSC)CC3)c2)c1. The van der Waals surface area contributed by atoms with Gasteiger partial charge in [-0.05, 0) is 41.6 Å². The van der Waals surface area contributed by atoms with Crippen LogP contribution in [0.15, 0.2) is 48.5 Å². The first-order valence-electron chi connectivity index (χ1n) is 8.96. The molecule has 1 amide bonds. The highest BCUT2D eigenvalue weighted by Crippen LogP contribution is 2.25. The first-order valence-corrected chi connectivity index (χ1v) is 10.4. The summed E-state index contributed by atoms with van der Waals surface area (Å²) in [6.07, 6.45) is 2.13. The van der Waals surface area contributed by atoms with Crippen molar-refractivity contribution in [3.8, 4) is 16.9 Å². The molecule has 138 valence electrons. The van der Waals surface area contributed by atoms with Crippen molar-refractivity contribution < 1.29 is 9.53 Å². The fourth-order valence-electron chi connectivity index (χ4n) is 3.21. The maximum atomic E-state index is 12.9. The molecule has 0 unspecified atom stereocenters. The third-order valence-corrected chi connectivity index (χ3v) is 5.37. The number of carbonyl (C=O) groups is 1. The summed E-state index contributed by atoms with van der Waals surface area (Å²) in [4.78, 5) is 17.3. The molecular weight excluding hydrogens is 344 g/mol. The van der Waals surface area contributed by atoms with E-state index in [-0.39, 0.29) is 5.91 Å². The Morgan fingerprint density at radius 3 is 2.42 bits per heavy atom. The van der Waals surface area contributed by atoms with Crippen LogP contribution in [0.3, 0.4) is 0 Å². The molecule has 1 fully saturated rings. The topological polar surface area (TPSA) is 32.8 Å². The molecule has 2 aromatic carbocycles. The van der Waals surface area contributed by atoms with E-state index in [2.05, 4.69) is 11.2 Å². The van der Waals surface area contributed by atoms with E-state index in [0.29, 0.717) is 0 Å². The highest BCUT2D eigenvalue weighted by atomic mass is 32.2. The second-order valence-corrected chi connectivity index (χ2v) is 7.42. The molecule has 0 saturated carbocycles. The number of rotatable bonds is 6. The lowest BCUT2D eigenvalue weighted by molar-refractivity contribution is 0.0644. The molecule has 1 aliphatic rings. The Morgan fingerprint density at radius 1 is 1.04 bits per heavy atom. The van der Waals surface area contributed by atoms with Crippen LogP contribution in [0.4, 0.5) is 0 Å². The number of hydrogen-bond acceptors (Lipinski definition) is 4. The van der Waals surface area contributed by atoms with E-state index in [1.807, 2.05) is 65.2 Å². The van der Waals surface area contributed by atoms with Crippen LogP contribution in [-0.2, 0) is 0 Å². The lowest BCUT2D eigenvalue weighted by Gasteiger charge is -2.34. The zero-order chi connectivity index (χ0) is 18.4. The van der Waals surface area contributed by atoms with Crippen LogP contribution in [0.2, 0.25) is 0 Å². The van der Waals surface area contributed by atoms with E-state index in [0.717, 1.165) is 60.9 Å². The second kappa shape index (κ2) is 9.10. The third-order valence-electron chi connectivity index (χ3n) is 4.78. The van der Waals surface area contributed by atoms with Gasteiger partial charge in [-0.25, -0.2) is 0 Å². The molecule has 0 spiro atoms. The summed E-state index contributed by atoms with van der Waals surface area (Å²) in [6, 6.07) is 15.8. The first kappa shape index (κ1) is 18.8. The van der Waals surface area contributed by atoms with E-state index in [1.165, 1.54) is 0 Å². The number of benzene rings is 2. The zero-order valence-corrected chi connectivity index (χ0v) is 16.3. The van der Waals surface area contributed by atoms with Crippen molar-refractivity contribution in [2.24, 2.45) is 0 Å². The molecule has 0 bridgehead atoms. The maximum absolute atomic E-state index is 12.9. The Hall–Kier alpha value is -1.98. The zero-order valence-electron chi connectivity index (χ0n) is 15.5. The summed E-state index contributed by atoms with van der Waals surface area (Å²) in [5, 5.41) is 0. The largest absolute Gasteiger partial charge is 0.497 e. The van der Waals surface area contributed by atoms with Gasteiger partial charge in [-0.3, -0.25) is 9.69 Å². The monoisotopic (exact) mass is 370 g/mol. The molecule has 3 rings (SSSR count). The highest BCUT2D eigenvalue weighted by Gasteiger charge is 2.22. The molecule has 1 aliphatic heterocycles. The molecular formula is C21H26N2O2S. The molecule has 4 nitrogen and oxygen atoms in total. The Bertz CT molecular complexity index is 742. The van der Waals surface area contributed by atoms with Gasteiger partial charge in [-0.2, -0.15) is 11.8 Å². The Kier molecular flexibility index (Phi) is 6.58. The molecule has 2 aromatic rings. The van der Waals surface area contributed by atoms with Gasteiger partial charge in [-0.15, -0.1) is 0 Å². The standard InChI is InChI=1S/C21H26N2O2S/c1-25-20-8-4-6-18(16-20)17-5-3-7-19(15-17)21(24)23-11-9-22(10-12-23)13-14-26-2/h3-8,15-16H,9-14H2,1-2H3. The molecule has 1 saturated heterocycles. The molecule has 1 heterocycles. The third kappa shape index (κ3) is 4.59. The number of thioether (sulfide) groups is 1. The van der Waals surface area contributed by atoms with Crippen molar-refractivity contribution in [3.63, 3.8) is 0 Å². The maximum Gasteiger partial charge on any atom is 0.253 e. The molecule has 5 heteroatoms. The number of ether oxygens (including phenoxy) is 1. The van der Waals surface area contributed by atoms with E-state index < -0.39 is 0 Å². The van der Waals surface area contributed by atoms with Crippen LogP contribution < -0.4 is 4.74 Å². The molecule has 0 N–H and O–H groups in total. The van der Waals surface area contributed by atoms with E-state index >= 15 is 0 Å². The predicted molar refractivity (Wildman–Crippen MR) is 109 cm³/mol. The van der Waals surface area contributed by atoms with Crippen molar-refractivity contribution in [2.75, 3.05) is 51.8 Å². The summed E-state index contributed by atoms with van der Waals surface area (Å²) < 4.78 is 5.31. The van der Waals surface area contributed by atoms with Crippen molar-refractivity contribution in [3.05, 3.63) is 54.1 Å². The highest BCUT2D eigenvalue weighted by molar-refractivity contribution is 7.98. The van der Waals surface area contributed by atoms with Crippen LogP contribution in [0.25, 0.3) is 11.1 Å². The Morgan fingerprint density at radius 2 is 1.73 bits per heavy atom. The summed E-state index contributed by atoms with van der Waals surface area (Å²) in [5.41, 5.74) is 2.84. The number of nitrogens with zero attached hydrogens (tertiary/aromatic N) is 2. The van der Waals surface area contributed by atoms with Gasteiger partial charge in [0, 0.05) is 44.0 Å². The summed E-state index contributed by atoms with van der Waals surface area (Å²) in [5.74, 6) is 2.09. The number of methoxy groups -OCH3 is 1. The van der Waals surface area contributed by atoms with Gasteiger partial charge >= 0.3 is 0 Å². The van der Waals surface area contributed by atoms with Crippen molar-refractivity contribution in [1.29, 1.82) is 0 Å². The lowest BCUT2D eigenvalue weighted by Crippen LogP contribution is -2.49. The Labute approximate surface area is 160 Å². The quantitative estimate of drug-likeness (QED) is 0.779. The van der Waals surface area contributed by atoms with E-state index in [9.17, 15) is 4.79 Å². The van der Waals surface area contributed by atoms with Gasteiger partial charge in [0.25, 0.3) is 5.91 Å². The Balaban J connectivity index is 1.69. The number of amides is 1. The van der Waals surface area contributed by atoms with E-state index in [1.54, 1.807) is 7.11 Å². The van der Waals surface area contributed by atoms with Crippen molar-refractivity contribution in [1.82, 2.24) is 9.80 Å². The van der Waals surface area contributed by atoms with Gasteiger partial charge in [0.1, 0.15) is 5.75 Å². The van der Waals surface area contributed by atoms with Crippen LogP contribution in [0, 0.1) is 0 Å². The minimum absolute atomic E-state index is 0.124. The molecule has 0 aromatic heterocycles. The second-order valence-electron chi connectivity index (χ2n) is 6.44. The summed E-state index contributed by atoms with van der Waals surface area (Å²) in [7, 11) is 1.66. The van der Waals surface area contributed by atoms with Crippen LogP contribution in [0.5, 0.6) is 5.75 Å². The minimum atomic E-state index is 0.124. The molecule has 0 atom stereocenters. The lowest BCUT2D eigenvalue weighted by atomic mass is 10.0. The van der Waals surface area contributed by atoms with Crippen molar-refractivity contribution >= 4 is 17.7 Å². The predicted octanol–water partition coefficient (Wildman–Crippen LogP) is 3.48. The number of piperazine rings is 1. The fourth-order valence-corrected chi connectivity index (χ4v) is 3.65. The summed E-state index contributed by atoms with van der Waals surface area (Å²) in [6.45, 7) is 4.63. The van der Waals surface area contributed by atoms with E-state index in [4.69, 9.17) is 4.74 Å². The van der Waals surface area contributed by atoms with Gasteiger partial charge < -0.3 is 9.64 Å². The molecule has 26 heavy (non-hydrogen) atoms. The van der Waals surface area contributed by atoms with Gasteiger partial charge in [0.15, 0.2) is 0 Å². The molecule has 0 aliphatic carbocycles. The molecule has 0 radical (unpaired) electrons. The number of hydrogen-bond donors (Lipinski definition) is 0. The average molecular weight is 371 g/mol. The van der Waals surface area contributed by atoms with Gasteiger partial charge in [0.2, 0.25) is 0 Å². The van der Waals surface area contributed by atoms with Crippen LogP contribution >= 0.6 is 11.8 Å².